The Morgan fingerprint density at radius 3 is 0.974 bits per heavy atom. The summed E-state index contributed by atoms with van der Waals surface area (Å²) < 4.78 is 0. The maximum absolute atomic E-state index is 4.93. The van der Waals surface area contributed by atoms with Crippen LogP contribution < -0.4 is 24.8 Å². The zero-order chi connectivity index (χ0) is 25.4. The molecule has 6 heteroatoms. The zero-order valence-electron chi connectivity index (χ0n) is 26.4. The Bertz CT molecular complexity index is 872. The van der Waals surface area contributed by atoms with Gasteiger partial charge in [-0.25, -0.2) is 24.3 Å². The van der Waals surface area contributed by atoms with E-state index in [1.807, 2.05) is 24.3 Å². The van der Waals surface area contributed by atoms with Crippen molar-refractivity contribution in [2.75, 3.05) is 0 Å². The molecule has 0 N–H and O–H groups in total. The molecule has 0 bridgehead atoms. The third-order valence-electron chi connectivity index (χ3n) is 7.55. The molecule has 0 saturated carbocycles. The van der Waals surface area contributed by atoms with Gasteiger partial charge < -0.3 is 47.1 Å². The first kappa shape index (κ1) is 52.5. The summed E-state index contributed by atoms with van der Waals surface area (Å²) in [5.74, 6) is 0. The van der Waals surface area contributed by atoms with Gasteiger partial charge in [0.25, 0.3) is 0 Å². The summed E-state index contributed by atoms with van der Waals surface area (Å²) in [5, 5.41) is 0. The van der Waals surface area contributed by atoms with Gasteiger partial charge in [-0.2, -0.15) is 12.2 Å². The van der Waals surface area contributed by atoms with Gasteiger partial charge in [0.1, 0.15) is 0 Å². The number of allylic oxidation sites excluding steroid dienone is 16. The monoisotopic (exact) mass is 765 g/mol. The minimum absolute atomic E-state index is 0. The van der Waals surface area contributed by atoms with Crippen molar-refractivity contribution in [3.05, 3.63) is 115 Å². The van der Waals surface area contributed by atoms with Crippen LogP contribution in [0.3, 0.4) is 0 Å². The van der Waals surface area contributed by atoms with Gasteiger partial charge in [0.2, 0.25) is 0 Å². The molecule has 39 heavy (non-hydrogen) atoms. The summed E-state index contributed by atoms with van der Waals surface area (Å²) >= 11 is -0.826. The predicted molar refractivity (Wildman–Crippen MR) is 164 cm³/mol. The summed E-state index contributed by atoms with van der Waals surface area (Å²) in [6, 6.07) is 0. The first-order chi connectivity index (χ1) is 15.4. The Balaban J connectivity index is -0.000000120. The molecule has 4 rings (SSSR count). The SMILES string of the molecule is CC1=C(C)C(C)(C)C(C2=C(C)C(C)=C(C)C2(C)C)=C1C.[C-]1=CC=CC1.[C-]1=CC=CC1.[CH3-].[CH3-].[CH3-].[Cl-].[Cl-].[Cl][Zr][Cl].[Zr+2]. The largest absolute Gasteiger partial charge is 2.00 e. The van der Waals surface area contributed by atoms with Crippen molar-refractivity contribution in [1.29, 1.82) is 0 Å². The quantitative estimate of drug-likeness (QED) is 0.300. The van der Waals surface area contributed by atoms with Crippen LogP contribution in [0.4, 0.5) is 0 Å². The second-order valence-corrected chi connectivity index (χ2v) is 13.6. The van der Waals surface area contributed by atoms with Gasteiger partial charge >= 0.3 is 64.1 Å². The van der Waals surface area contributed by atoms with Crippen molar-refractivity contribution < 1.29 is 71.9 Å². The summed E-state index contributed by atoms with van der Waals surface area (Å²) in [4.78, 5) is 0. The third-order valence-corrected chi connectivity index (χ3v) is 7.55. The van der Waals surface area contributed by atoms with Gasteiger partial charge in [-0.05, 0) is 75.0 Å². The van der Waals surface area contributed by atoms with Gasteiger partial charge in [-0.3, -0.25) is 12.2 Å². The molecule has 0 saturated heterocycles. The molecule has 0 unspecified atom stereocenters. The summed E-state index contributed by atoms with van der Waals surface area (Å²) in [6.07, 6.45) is 20.0. The molecule has 0 atom stereocenters. The van der Waals surface area contributed by atoms with Gasteiger partial charge in [0.15, 0.2) is 0 Å². The molecule has 0 nitrogen and oxygen atoms in total. The molecule has 4 aliphatic carbocycles. The van der Waals surface area contributed by atoms with Gasteiger partial charge in [0.05, 0.1) is 0 Å². The molecular weight excluding hydrogens is 721 g/mol. The standard InChI is InChI=1S/C20H30.2C5H5.3CH3.4ClH.2Zr/c1-11-13(3)17(19(7,8)15(11)5)18-14(4)12(2)16(6)20(18,9)10;2*1-2-4-5-3-1;;;;;;;;;/h1-10H3;2*1-3H,4H2;3*1H3;4*1H;;/q;5*-1;;;;;2*+2/p-4. The molecule has 0 amide bonds. The van der Waals surface area contributed by atoms with Crippen LogP contribution in [0.2, 0.25) is 0 Å². The van der Waals surface area contributed by atoms with E-state index in [9.17, 15) is 0 Å². The first-order valence-corrected chi connectivity index (χ1v) is 17.9. The number of hydrogen-bond acceptors (Lipinski definition) is 0. The maximum atomic E-state index is 4.93. The summed E-state index contributed by atoms with van der Waals surface area (Å²) in [6.45, 7) is 23.3. The van der Waals surface area contributed by atoms with Crippen LogP contribution >= 0.6 is 17.0 Å². The van der Waals surface area contributed by atoms with Crippen LogP contribution in [0.5, 0.6) is 0 Å². The second kappa shape index (κ2) is 24.3. The number of halogens is 4. The van der Waals surface area contributed by atoms with Gasteiger partial charge in [-0.15, -0.1) is 12.8 Å². The maximum Gasteiger partial charge on any atom is 2.00 e. The van der Waals surface area contributed by atoms with Gasteiger partial charge in [0, 0.05) is 10.8 Å². The Labute approximate surface area is 294 Å². The smallest absolute Gasteiger partial charge is 2.00 e. The van der Waals surface area contributed by atoms with E-state index in [-0.39, 0.29) is 84.1 Å². The molecule has 0 radical (unpaired) electrons. The third kappa shape index (κ3) is 13.4. The molecule has 222 valence electrons. The van der Waals surface area contributed by atoms with Gasteiger partial charge in [-0.1, -0.05) is 38.8 Å². The average molecular weight is 770 g/mol. The molecular formula is C33H49Cl4Zr2-5. The van der Waals surface area contributed by atoms with Crippen LogP contribution in [0.1, 0.15) is 82.1 Å². The topological polar surface area (TPSA) is 0 Å². The Morgan fingerprint density at radius 2 is 0.872 bits per heavy atom. The Kier molecular flexibility index (Phi) is 32.7. The fraction of sp³-hybridized carbons (Fsp3) is 0.424. The molecule has 0 aromatic heterocycles. The van der Waals surface area contributed by atoms with Crippen molar-refractivity contribution >= 4 is 17.0 Å². The van der Waals surface area contributed by atoms with E-state index in [1.54, 1.807) is 11.1 Å². The van der Waals surface area contributed by atoms with Crippen molar-refractivity contribution in [2.24, 2.45) is 10.8 Å². The van der Waals surface area contributed by atoms with E-state index in [1.165, 1.54) is 33.4 Å². The summed E-state index contributed by atoms with van der Waals surface area (Å²) in [7, 11) is 9.87. The molecule has 0 aliphatic heterocycles. The van der Waals surface area contributed by atoms with Crippen LogP contribution in [0, 0.1) is 45.3 Å². The molecule has 0 aromatic rings. The minimum Gasteiger partial charge on any atom is 2.00 e. The van der Waals surface area contributed by atoms with Crippen molar-refractivity contribution in [2.45, 2.75) is 82.1 Å². The van der Waals surface area contributed by atoms with E-state index >= 15 is 0 Å². The van der Waals surface area contributed by atoms with Crippen LogP contribution in [-0.4, -0.2) is 0 Å². The van der Waals surface area contributed by atoms with Crippen molar-refractivity contribution in [3.63, 3.8) is 0 Å². The van der Waals surface area contributed by atoms with E-state index in [0.717, 1.165) is 12.8 Å². The van der Waals surface area contributed by atoms with E-state index < -0.39 is 20.8 Å². The molecule has 0 spiro atoms. The Morgan fingerprint density at radius 1 is 0.615 bits per heavy atom. The van der Waals surface area contributed by atoms with Crippen molar-refractivity contribution in [3.8, 4) is 0 Å². The number of hydrogen-bond donors (Lipinski definition) is 0. The first-order valence-electron chi connectivity index (χ1n) is 11.6. The van der Waals surface area contributed by atoms with Crippen LogP contribution in [0.15, 0.2) is 81.0 Å². The molecule has 0 fully saturated rings. The second-order valence-electron chi connectivity index (χ2n) is 9.83. The molecule has 4 aliphatic rings. The van der Waals surface area contributed by atoms with E-state index in [2.05, 4.69) is 93.5 Å². The molecule has 0 aromatic carbocycles. The zero-order valence-corrected chi connectivity index (χ0v) is 34.3. The fourth-order valence-corrected chi connectivity index (χ4v) is 4.87. The van der Waals surface area contributed by atoms with Crippen LogP contribution in [-0.2, 0) is 47.1 Å². The summed E-state index contributed by atoms with van der Waals surface area (Å²) in [5.41, 5.74) is 12.5. The van der Waals surface area contributed by atoms with E-state index in [0.29, 0.717) is 0 Å². The normalized spacial score (nSPS) is 17.9. The van der Waals surface area contributed by atoms with E-state index in [4.69, 9.17) is 17.0 Å². The van der Waals surface area contributed by atoms with Crippen LogP contribution in [0.25, 0.3) is 0 Å². The van der Waals surface area contributed by atoms with Crippen molar-refractivity contribution in [1.82, 2.24) is 0 Å². The number of rotatable bonds is 1. The fourth-order valence-electron chi connectivity index (χ4n) is 4.87. The molecule has 0 heterocycles. The minimum atomic E-state index is -0.826. The average Bonchev–Trinajstić information content (AvgIpc) is 3.55. The Hall–Kier alpha value is 0.846. The predicted octanol–water partition coefficient (Wildman–Crippen LogP) is 5.72.